The summed E-state index contributed by atoms with van der Waals surface area (Å²) in [4.78, 5) is 12.4. The molecule has 1 heterocycles. The first-order valence-electron chi connectivity index (χ1n) is 9.03. The molecular formula is C20H26N2O2S. The fourth-order valence-corrected chi connectivity index (χ4v) is 3.82. The number of nitrogens with zero attached hydrogens (tertiary/aromatic N) is 2. The average Bonchev–Trinajstić information content (AvgIpc) is 3.10. The molecule has 0 aliphatic heterocycles. The smallest absolute Gasteiger partial charge is 0.277 e. The van der Waals surface area contributed by atoms with Crippen LogP contribution in [0, 0.1) is 0 Å². The van der Waals surface area contributed by atoms with Crippen molar-refractivity contribution in [3.63, 3.8) is 0 Å². The number of ketones is 1. The van der Waals surface area contributed by atoms with Gasteiger partial charge >= 0.3 is 0 Å². The first-order chi connectivity index (χ1) is 11.9. The molecule has 0 N–H and O–H groups in total. The second-order valence-corrected chi connectivity index (χ2v) is 8.72. The third kappa shape index (κ3) is 4.72. The van der Waals surface area contributed by atoms with E-state index in [0.717, 1.165) is 5.56 Å². The van der Waals surface area contributed by atoms with Gasteiger partial charge in [-0.15, -0.1) is 10.2 Å². The molecule has 0 amide bonds. The first kappa shape index (κ1) is 18.2. The molecular weight excluding hydrogens is 332 g/mol. The Morgan fingerprint density at radius 2 is 1.80 bits per heavy atom. The fourth-order valence-electron chi connectivity index (χ4n) is 3.16. The molecule has 4 nitrogen and oxygen atoms in total. The number of aromatic nitrogens is 2. The minimum Gasteiger partial charge on any atom is -0.415 e. The van der Waals surface area contributed by atoms with Gasteiger partial charge in [-0.25, -0.2) is 0 Å². The van der Waals surface area contributed by atoms with Gasteiger partial charge in [0.2, 0.25) is 5.89 Å². The molecule has 1 aliphatic rings. The molecule has 1 aromatic carbocycles. The van der Waals surface area contributed by atoms with Crippen molar-refractivity contribution in [3.05, 3.63) is 41.3 Å². The molecule has 2 aromatic rings. The lowest BCUT2D eigenvalue weighted by Gasteiger charge is -2.22. The zero-order chi connectivity index (χ0) is 17.9. The van der Waals surface area contributed by atoms with Crippen LogP contribution >= 0.6 is 11.8 Å². The van der Waals surface area contributed by atoms with Crippen molar-refractivity contribution in [1.29, 1.82) is 0 Å². The van der Waals surface area contributed by atoms with Crippen LogP contribution in [0.15, 0.2) is 33.9 Å². The molecule has 0 bridgehead atoms. The molecule has 1 aliphatic carbocycles. The maximum Gasteiger partial charge on any atom is 0.277 e. The number of hydrogen-bond donors (Lipinski definition) is 0. The first-order valence-corrected chi connectivity index (χ1v) is 10.0. The highest BCUT2D eigenvalue weighted by Gasteiger charge is 2.22. The van der Waals surface area contributed by atoms with Crippen molar-refractivity contribution < 1.29 is 9.21 Å². The lowest BCUT2D eigenvalue weighted by Crippen LogP contribution is -2.11. The molecule has 1 fully saturated rings. The Morgan fingerprint density at radius 1 is 1.12 bits per heavy atom. The molecule has 0 spiro atoms. The molecule has 25 heavy (non-hydrogen) atoms. The van der Waals surface area contributed by atoms with Crippen molar-refractivity contribution in [2.24, 2.45) is 0 Å². The predicted octanol–water partition coefficient (Wildman–Crippen LogP) is 5.39. The number of Topliss-reactive ketones (excluding diaryl/α,β-unsaturated/α-hetero) is 1. The van der Waals surface area contributed by atoms with Crippen LogP contribution in [-0.2, 0) is 5.41 Å². The van der Waals surface area contributed by atoms with Crippen molar-refractivity contribution in [1.82, 2.24) is 10.2 Å². The Labute approximate surface area is 153 Å². The molecule has 3 rings (SSSR count). The minimum atomic E-state index is -0.176. The lowest BCUT2D eigenvalue weighted by atomic mass is 9.84. The van der Waals surface area contributed by atoms with Crippen LogP contribution in [0.3, 0.4) is 0 Å². The second kappa shape index (κ2) is 7.73. The van der Waals surface area contributed by atoms with E-state index in [9.17, 15) is 4.79 Å². The molecule has 0 atom stereocenters. The summed E-state index contributed by atoms with van der Waals surface area (Å²) in [6.07, 6.45) is 6.55. The highest BCUT2D eigenvalue weighted by atomic mass is 32.2. The molecule has 5 heteroatoms. The third-order valence-electron chi connectivity index (χ3n) is 4.68. The molecule has 1 saturated carbocycles. The van der Waals surface area contributed by atoms with Crippen LogP contribution in [0.2, 0.25) is 0 Å². The van der Waals surface area contributed by atoms with Crippen molar-refractivity contribution >= 4 is 17.5 Å². The maximum atomic E-state index is 12.4. The van der Waals surface area contributed by atoms with E-state index < -0.39 is 0 Å². The summed E-state index contributed by atoms with van der Waals surface area (Å²) in [6.45, 7) is 6.07. The summed E-state index contributed by atoms with van der Waals surface area (Å²) in [7, 11) is 0. The summed E-state index contributed by atoms with van der Waals surface area (Å²) in [5, 5.41) is 8.53. The Kier molecular flexibility index (Phi) is 5.62. The number of carbonyl (C=O) groups excluding carboxylic acids is 1. The summed E-state index contributed by atoms with van der Waals surface area (Å²) >= 11 is 1.30. The highest BCUT2D eigenvalue weighted by molar-refractivity contribution is 7.99. The quantitative estimate of drug-likeness (QED) is 0.530. The SMILES string of the molecule is CC(C)(C)c1nnc(SCC(=O)c2ccc(C3CCCCC3)cc2)o1. The molecule has 0 saturated heterocycles. The van der Waals surface area contributed by atoms with Crippen molar-refractivity contribution in [2.75, 3.05) is 5.75 Å². The largest absolute Gasteiger partial charge is 0.415 e. The Balaban J connectivity index is 1.57. The lowest BCUT2D eigenvalue weighted by molar-refractivity contribution is 0.102. The molecule has 0 unspecified atom stereocenters. The number of benzene rings is 1. The van der Waals surface area contributed by atoms with Crippen LogP contribution in [0.5, 0.6) is 0 Å². The Morgan fingerprint density at radius 3 is 2.40 bits per heavy atom. The second-order valence-electron chi connectivity index (χ2n) is 7.79. The van der Waals surface area contributed by atoms with Crippen molar-refractivity contribution in [2.45, 2.75) is 69.4 Å². The zero-order valence-electron chi connectivity index (χ0n) is 15.2. The molecule has 1 aromatic heterocycles. The van der Waals surface area contributed by atoms with E-state index in [1.54, 1.807) is 0 Å². The zero-order valence-corrected chi connectivity index (χ0v) is 16.1. The van der Waals surface area contributed by atoms with E-state index in [-0.39, 0.29) is 11.2 Å². The monoisotopic (exact) mass is 358 g/mol. The average molecular weight is 359 g/mol. The standard InChI is InChI=1S/C20H26N2O2S/c1-20(2,3)18-21-22-19(24-18)25-13-17(23)16-11-9-15(10-12-16)14-7-5-4-6-8-14/h9-12,14H,4-8,13H2,1-3H3. The number of carbonyl (C=O) groups is 1. The van der Waals surface area contributed by atoms with E-state index in [4.69, 9.17) is 4.42 Å². The van der Waals surface area contributed by atoms with Gasteiger partial charge < -0.3 is 4.42 Å². The van der Waals surface area contributed by atoms with Gasteiger partial charge in [0.25, 0.3) is 5.22 Å². The van der Waals surface area contributed by atoms with Gasteiger partial charge in [-0.05, 0) is 24.3 Å². The van der Waals surface area contributed by atoms with E-state index in [0.29, 0.717) is 22.8 Å². The van der Waals surface area contributed by atoms with Gasteiger partial charge in [0, 0.05) is 11.0 Å². The molecule has 134 valence electrons. The van der Waals surface area contributed by atoms with Gasteiger partial charge in [0.1, 0.15) is 0 Å². The third-order valence-corrected chi connectivity index (χ3v) is 5.50. The van der Waals surface area contributed by atoms with E-state index in [2.05, 4.69) is 22.3 Å². The topological polar surface area (TPSA) is 56.0 Å². The van der Waals surface area contributed by atoms with Gasteiger partial charge in [0.15, 0.2) is 5.78 Å². The van der Waals surface area contributed by atoms with Crippen LogP contribution in [0.25, 0.3) is 0 Å². The van der Waals surface area contributed by atoms with Crippen LogP contribution in [0.4, 0.5) is 0 Å². The Hall–Kier alpha value is -1.62. The number of hydrogen-bond acceptors (Lipinski definition) is 5. The van der Waals surface area contributed by atoms with Crippen molar-refractivity contribution in [3.8, 4) is 0 Å². The Bertz CT molecular complexity index is 710. The summed E-state index contributed by atoms with van der Waals surface area (Å²) in [6, 6.07) is 8.17. The van der Waals surface area contributed by atoms with E-state index in [1.165, 1.54) is 49.4 Å². The number of rotatable bonds is 5. The van der Waals surface area contributed by atoms with Crippen LogP contribution < -0.4 is 0 Å². The minimum absolute atomic E-state index is 0.0932. The van der Waals surface area contributed by atoms with E-state index >= 15 is 0 Å². The number of thioether (sulfide) groups is 1. The van der Waals surface area contributed by atoms with Gasteiger partial charge in [0.05, 0.1) is 5.75 Å². The highest BCUT2D eigenvalue weighted by Crippen LogP contribution is 2.32. The summed E-state index contributed by atoms with van der Waals surface area (Å²) < 4.78 is 5.62. The fraction of sp³-hybridized carbons (Fsp3) is 0.550. The van der Waals surface area contributed by atoms with Crippen LogP contribution in [-0.4, -0.2) is 21.7 Å². The predicted molar refractivity (Wildman–Crippen MR) is 100 cm³/mol. The van der Waals surface area contributed by atoms with E-state index in [1.807, 2.05) is 32.9 Å². The van der Waals surface area contributed by atoms with Gasteiger partial charge in [-0.3, -0.25) is 4.79 Å². The van der Waals surface area contributed by atoms with Gasteiger partial charge in [-0.2, -0.15) is 0 Å². The maximum absolute atomic E-state index is 12.4. The summed E-state index contributed by atoms with van der Waals surface area (Å²) in [5.41, 5.74) is 1.95. The van der Waals surface area contributed by atoms with Crippen LogP contribution in [0.1, 0.15) is 80.6 Å². The van der Waals surface area contributed by atoms with Gasteiger partial charge in [-0.1, -0.05) is 76.1 Å². The summed E-state index contributed by atoms with van der Waals surface area (Å²) in [5.74, 6) is 1.67. The normalized spacial score (nSPS) is 16.1. The molecule has 0 radical (unpaired) electrons.